The number of rotatable bonds is 7. The average Bonchev–Trinajstić information content (AvgIpc) is 2.86. The Morgan fingerprint density at radius 1 is 0.853 bits per heavy atom. The summed E-state index contributed by atoms with van der Waals surface area (Å²) in [7, 11) is 3.35. The fraction of sp³-hybridized carbons (Fsp3) is 0.345. The van der Waals surface area contributed by atoms with Crippen LogP contribution in [-0.4, -0.2) is 44.2 Å². The van der Waals surface area contributed by atoms with E-state index in [0.29, 0.717) is 0 Å². The number of hydrogen-bond acceptors (Lipinski definition) is 4. The summed E-state index contributed by atoms with van der Waals surface area (Å²) in [4.78, 5) is 18.1. The molecule has 0 N–H and O–H groups in total. The fourth-order valence-electron chi connectivity index (χ4n) is 4.59. The number of aryl methyl sites for hydroxylation is 2. The van der Waals surface area contributed by atoms with E-state index in [1.165, 1.54) is 11.1 Å². The molecule has 0 aliphatic carbocycles. The molecule has 4 rings (SSSR count). The molecule has 0 unspecified atom stereocenters. The number of hydrogen-bond donors (Lipinski definition) is 0. The summed E-state index contributed by atoms with van der Waals surface area (Å²) >= 11 is 0. The lowest BCUT2D eigenvalue weighted by molar-refractivity contribution is 0.0958. The molecule has 0 bridgehead atoms. The Labute approximate surface area is 202 Å². The summed E-state index contributed by atoms with van der Waals surface area (Å²) in [5, 5.41) is 0. The van der Waals surface area contributed by atoms with E-state index in [4.69, 9.17) is 9.47 Å². The molecule has 1 aliphatic heterocycles. The van der Waals surface area contributed by atoms with Crippen LogP contribution >= 0.6 is 0 Å². The third-order valence-electron chi connectivity index (χ3n) is 6.57. The molecule has 0 atom stereocenters. The van der Waals surface area contributed by atoms with Crippen LogP contribution in [0.25, 0.3) is 0 Å². The lowest BCUT2D eigenvalue weighted by Gasteiger charge is -2.39. The van der Waals surface area contributed by atoms with E-state index < -0.39 is 0 Å². The van der Waals surface area contributed by atoms with Crippen LogP contribution < -0.4 is 14.4 Å². The quantitative estimate of drug-likeness (QED) is 0.460. The van der Waals surface area contributed by atoms with Crippen LogP contribution in [0.1, 0.15) is 39.9 Å². The average molecular weight is 459 g/mol. The summed E-state index contributed by atoms with van der Waals surface area (Å²) in [5.41, 5.74) is 5.21. The molecule has 3 aromatic carbocycles. The molecule has 178 valence electrons. The Kier molecular flexibility index (Phi) is 7.53. The van der Waals surface area contributed by atoms with Gasteiger partial charge in [-0.3, -0.25) is 9.69 Å². The Morgan fingerprint density at radius 2 is 1.38 bits per heavy atom. The van der Waals surface area contributed by atoms with Gasteiger partial charge in [0.05, 0.1) is 14.2 Å². The first kappa shape index (κ1) is 23.8. The van der Waals surface area contributed by atoms with Crippen molar-refractivity contribution in [1.82, 2.24) is 4.90 Å². The van der Waals surface area contributed by atoms with Crippen molar-refractivity contribution in [3.05, 3.63) is 89.0 Å². The lowest BCUT2D eigenvalue weighted by Crippen LogP contribution is -2.47. The van der Waals surface area contributed by atoms with Crippen molar-refractivity contribution < 1.29 is 14.3 Å². The van der Waals surface area contributed by atoms with Crippen molar-refractivity contribution in [2.75, 3.05) is 32.2 Å². The summed E-state index contributed by atoms with van der Waals surface area (Å²) in [6.45, 7) is 6.79. The number of benzene rings is 3. The second kappa shape index (κ2) is 10.7. The Bertz CT molecular complexity index is 1080. The minimum atomic E-state index is 0.0693. The maximum atomic E-state index is 13.6. The molecule has 0 radical (unpaired) electrons. The Hall–Kier alpha value is -3.31. The predicted molar refractivity (Wildman–Crippen MR) is 137 cm³/mol. The number of likely N-dealkylation sites (tertiary alicyclic amines) is 1. The van der Waals surface area contributed by atoms with Crippen molar-refractivity contribution >= 4 is 11.6 Å². The first-order valence-electron chi connectivity index (χ1n) is 11.9. The molecule has 1 aliphatic rings. The number of amides is 1. The van der Waals surface area contributed by atoms with E-state index >= 15 is 0 Å². The SMILES string of the molecule is COc1cc(CN2CCC(N(C(=O)c3ccc(C)cc3)c3ccc(C)cc3)CC2)cc(OC)c1. The van der Waals surface area contributed by atoms with Crippen LogP contribution in [0.2, 0.25) is 0 Å². The second-order valence-corrected chi connectivity index (χ2v) is 9.10. The standard InChI is InChI=1S/C29H34N2O3/c1-21-5-9-24(10-6-21)29(32)31(25-11-7-22(2)8-12-25)26-13-15-30(16-14-26)20-23-17-27(33-3)19-28(18-23)34-4/h5-12,17-19,26H,13-16,20H2,1-4H3. The van der Waals surface area contributed by atoms with E-state index in [-0.39, 0.29) is 11.9 Å². The highest BCUT2D eigenvalue weighted by Crippen LogP contribution is 2.28. The maximum Gasteiger partial charge on any atom is 0.258 e. The number of piperidine rings is 1. The van der Waals surface area contributed by atoms with Gasteiger partial charge in [0.2, 0.25) is 0 Å². The van der Waals surface area contributed by atoms with E-state index in [2.05, 4.69) is 48.2 Å². The highest BCUT2D eigenvalue weighted by molar-refractivity contribution is 6.06. The van der Waals surface area contributed by atoms with E-state index in [0.717, 1.165) is 60.8 Å². The zero-order chi connectivity index (χ0) is 24.1. The third kappa shape index (κ3) is 5.60. The maximum absolute atomic E-state index is 13.6. The summed E-state index contributed by atoms with van der Waals surface area (Å²) < 4.78 is 10.9. The molecule has 1 heterocycles. The number of carbonyl (C=O) groups excluding carboxylic acids is 1. The molecule has 1 fully saturated rings. The summed E-state index contributed by atoms with van der Waals surface area (Å²) in [5.74, 6) is 1.68. The second-order valence-electron chi connectivity index (χ2n) is 9.10. The molecule has 1 amide bonds. The topological polar surface area (TPSA) is 42.0 Å². The van der Waals surface area contributed by atoms with Crippen LogP contribution in [0.5, 0.6) is 11.5 Å². The summed E-state index contributed by atoms with van der Waals surface area (Å²) in [6.07, 6.45) is 1.85. The van der Waals surface area contributed by atoms with Crippen molar-refractivity contribution in [3.63, 3.8) is 0 Å². The molecule has 0 aromatic heterocycles. The molecule has 34 heavy (non-hydrogen) atoms. The molecule has 1 saturated heterocycles. The minimum absolute atomic E-state index is 0.0693. The highest BCUT2D eigenvalue weighted by Gasteiger charge is 2.30. The van der Waals surface area contributed by atoms with Crippen LogP contribution in [0.4, 0.5) is 5.69 Å². The third-order valence-corrected chi connectivity index (χ3v) is 6.57. The van der Waals surface area contributed by atoms with Crippen molar-refractivity contribution in [2.24, 2.45) is 0 Å². The van der Waals surface area contributed by atoms with Gasteiger partial charge in [0.15, 0.2) is 0 Å². The van der Waals surface area contributed by atoms with Crippen LogP contribution in [0.15, 0.2) is 66.7 Å². The monoisotopic (exact) mass is 458 g/mol. The lowest BCUT2D eigenvalue weighted by atomic mass is 9.99. The Balaban J connectivity index is 1.50. The number of methoxy groups -OCH3 is 2. The van der Waals surface area contributed by atoms with Gasteiger partial charge < -0.3 is 14.4 Å². The molecule has 3 aromatic rings. The van der Waals surface area contributed by atoms with Crippen molar-refractivity contribution in [1.29, 1.82) is 0 Å². The first-order valence-corrected chi connectivity index (χ1v) is 11.9. The van der Waals surface area contributed by atoms with Crippen molar-refractivity contribution in [2.45, 2.75) is 39.3 Å². The van der Waals surface area contributed by atoms with Crippen LogP contribution in [0.3, 0.4) is 0 Å². The fourth-order valence-corrected chi connectivity index (χ4v) is 4.59. The van der Waals surface area contributed by atoms with Gasteiger partial charge in [-0.1, -0.05) is 35.4 Å². The van der Waals surface area contributed by atoms with Crippen molar-refractivity contribution in [3.8, 4) is 11.5 Å². The van der Waals surface area contributed by atoms with Gasteiger partial charge in [-0.25, -0.2) is 0 Å². The van der Waals surface area contributed by atoms with E-state index in [9.17, 15) is 4.79 Å². The van der Waals surface area contributed by atoms with Gasteiger partial charge in [0.1, 0.15) is 11.5 Å². The zero-order valence-corrected chi connectivity index (χ0v) is 20.6. The molecular formula is C29H34N2O3. The normalized spacial score (nSPS) is 14.6. The molecular weight excluding hydrogens is 424 g/mol. The zero-order valence-electron chi connectivity index (χ0n) is 20.6. The molecule has 5 nitrogen and oxygen atoms in total. The van der Waals surface area contributed by atoms with Gasteiger partial charge in [-0.2, -0.15) is 0 Å². The van der Waals surface area contributed by atoms with Gasteiger partial charge >= 0.3 is 0 Å². The molecule has 0 saturated carbocycles. The van der Waals surface area contributed by atoms with E-state index in [1.807, 2.05) is 42.2 Å². The van der Waals surface area contributed by atoms with E-state index in [1.54, 1.807) is 14.2 Å². The smallest absolute Gasteiger partial charge is 0.258 e. The minimum Gasteiger partial charge on any atom is -0.497 e. The van der Waals surface area contributed by atoms with Gasteiger partial charge in [0, 0.05) is 43.0 Å². The predicted octanol–water partition coefficient (Wildman–Crippen LogP) is 5.63. The highest BCUT2D eigenvalue weighted by atomic mass is 16.5. The number of nitrogens with zero attached hydrogens (tertiary/aromatic N) is 2. The number of anilines is 1. The molecule has 0 spiro atoms. The summed E-state index contributed by atoms with van der Waals surface area (Å²) in [6, 6.07) is 22.4. The Morgan fingerprint density at radius 3 is 1.91 bits per heavy atom. The van der Waals surface area contributed by atoms with Gasteiger partial charge in [0.25, 0.3) is 5.91 Å². The first-order chi connectivity index (χ1) is 16.5. The number of carbonyl (C=O) groups is 1. The molecule has 5 heteroatoms. The largest absolute Gasteiger partial charge is 0.497 e. The van der Waals surface area contributed by atoms with Crippen LogP contribution in [0, 0.1) is 13.8 Å². The van der Waals surface area contributed by atoms with Crippen LogP contribution in [-0.2, 0) is 6.54 Å². The number of ether oxygens (including phenoxy) is 2. The van der Waals surface area contributed by atoms with Gasteiger partial charge in [-0.05, 0) is 68.7 Å². The van der Waals surface area contributed by atoms with Gasteiger partial charge in [-0.15, -0.1) is 0 Å².